The van der Waals surface area contributed by atoms with Gasteiger partial charge in [0.2, 0.25) is 5.91 Å². The normalized spacial score (nSPS) is 15.6. The average Bonchev–Trinajstić information content (AvgIpc) is 2.65. The molecular weight excluding hydrogens is 370 g/mol. The fourth-order valence-corrected chi connectivity index (χ4v) is 2.85. The van der Waals surface area contributed by atoms with Crippen LogP contribution in [0.1, 0.15) is 31.1 Å². The fourth-order valence-electron chi connectivity index (χ4n) is 2.85. The Kier molecular flexibility index (Phi) is 7.92. The van der Waals surface area contributed by atoms with Gasteiger partial charge >= 0.3 is 0 Å². The van der Waals surface area contributed by atoms with Gasteiger partial charge in [-0.2, -0.15) is 0 Å². The number of hydrogen-bond donors (Lipinski definition) is 1. The van der Waals surface area contributed by atoms with Gasteiger partial charge in [-0.3, -0.25) is 9.59 Å². The minimum Gasteiger partial charge on any atom is -0.493 e. The summed E-state index contributed by atoms with van der Waals surface area (Å²) in [7, 11) is 3.09. The molecule has 0 aliphatic carbocycles. The Morgan fingerprint density at radius 2 is 1.52 bits per heavy atom. The maximum Gasteiger partial charge on any atom is 0.254 e. The van der Waals surface area contributed by atoms with Crippen molar-refractivity contribution in [3.05, 3.63) is 23.8 Å². The summed E-state index contributed by atoms with van der Waals surface area (Å²) in [4.78, 5) is 28.7. The van der Waals surface area contributed by atoms with E-state index in [1.165, 1.54) is 7.11 Å². The predicted octanol–water partition coefficient (Wildman–Crippen LogP) is 1.78. The van der Waals surface area contributed by atoms with E-state index in [0.717, 1.165) is 0 Å². The first kappa shape index (κ1) is 23.0. The smallest absolute Gasteiger partial charge is 0.254 e. The van der Waals surface area contributed by atoms with Crippen molar-refractivity contribution in [2.75, 3.05) is 40.4 Å². The number of amides is 2. The molecule has 1 aromatic carbocycles. The molecule has 2 rings (SSSR count). The van der Waals surface area contributed by atoms with Crippen LogP contribution in [0, 0.1) is 5.41 Å². The van der Waals surface area contributed by atoms with Crippen LogP contribution in [0.5, 0.6) is 11.5 Å². The van der Waals surface area contributed by atoms with Crippen LogP contribution >= 0.6 is 12.4 Å². The first-order valence-electron chi connectivity index (χ1n) is 8.74. The fraction of sp³-hybridized carbons (Fsp3) is 0.579. The summed E-state index contributed by atoms with van der Waals surface area (Å²) in [5.41, 5.74) is 6.32. The highest BCUT2D eigenvalue weighted by atomic mass is 35.5. The van der Waals surface area contributed by atoms with E-state index < -0.39 is 6.04 Å². The van der Waals surface area contributed by atoms with Crippen LogP contribution in [0.15, 0.2) is 18.2 Å². The minimum atomic E-state index is -0.546. The van der Waals surface area contributed by atoms with Crippen LogP contribution in [-0.4, -0.2) is 68.1 Å². The van der Waals surface area contributed by atoms with E-state index in [1.807, 2.05) is 20.8 Å². The molecule has 27 heavy (non-hydrogen) atoms. The maximum absolute atomic E-state index is 12.7. The summed E-state index contributed by atoms with van der Waals surface area (Å²) in [5, 5.41) is 0. The molecule has 7 nitrogen and oxygen atoms in total. The Hall–Kier alpha value is -1.99. The standard InChI is InChI=1S/C19H29N3O4.ClH/c1-19(2,3)16(20)18(24)22-10-8-21(9-11-22)17(23)13-6-7-14(25-4)15(12-13)26-5;/h6-7,12,16H,8-11,20H2,1-5H3;1H/t16-;/m1./s1. The lowest BCUT2D eigenvalue weighted by Gasteiger charge is -2.38. The van der Waals surface area contributed by atoms with Gasteiger partial charge in [-0.25, -0.2) is 0 Å². The monoisotopic (exact) mass is 399 g/mol. The molecule has 0 radical (unpaired) electrons. The van der Waals surface area contributed by atoms with Gasteiger partial charge < -0.3 is 25.0 Å². The van der Waals surface area contributed by atoms with Crippen molar-refractivity contribution in [2.24, 2.45) is 11.1 Å². The van der Waals surface area contributed by atoms with Gasteiger partial charge in [0.05, 0.1) is 20.3 Å². The van der Waals surface area contributed by atoms with E-state index in [4.69, 9.17) is 15.2 Å². The van der Waals surface area contributed by atoms with Crippen molar-refractivity contribution in [3.8, 4) is 11.5 Å². The van der Waals surface area contributed by atoms with Crippen LogP contribution < -0.4 is 15.2 Å². The Bertz CT molecular complexity index is 667. The average molecular weight is 400 g/mol. The van der Waals surface area contributed by atoms with Gasteiger partial charge in [-0.05, 0) is 23.6 Å². The van der Waals surface area contributed by atoms with Gasteiger partial charge in [-0.15, -0.1) is 12.4 Å². The van der Waals surface area contributed by atoms with Gasteiger partial charge in [0.1, 0.15) is 0 Å². The van der Waals surface area contributed by atoms with Crippen molar-refractivity contribution in [1.29, 1.82) is 0 Å². The molecule has 0 aromatic heterocycles. The quantitative estimate of drug-likeness (QED) is 0.834. The highest BCUT2D eigenvalue weighted by Gasteiger charge is 2.33. The first-order valence-corrected chi connectivity index (χ1v) is 8.74. The summed E-state index contributed by atoms with van der Waals surface area (Å²) in [6, 6.07) is 4.56. The number of halogens is 1. The zero-order valence-electron chi connectivity index (χ0n) is 16.7. The Morgan fingerprint density at radius 1 is 1.00 bits per heavy atom. The molecule has 1 fully saturated rings. The molecule has 1 aromatic rings. The van der Waals surface area contributed by atoms with Crippen LogP contribution in [0.4, 0.5) is 0 Å². The lowest BCUT2D eigenvalue weighted by atomic mass is 9.86. The predicted molar refractivity (Wildman–Crippen MR) is 107 cm³/mol. The number of nitrogens with two attached hydrogens (primary N) is 1. The van der Waals surface area contributed by atoms with E-state index in [2.05, 4.69) is 0 Å². The van der Waals surface area contributed by atoms with Crippen molar-refractivity contribution in [2.45, 2.75) is 26.8 Å². The lowest BCUT2D eigenvalue weighted by molar-refractivity contribution is -0.136. The number of piperazine rings is 1. The second-order valence-electron chi connectivity index (χ2n) is 7.53. The van der Waals surface area contributed by atoms with Crippen molar-refractivity contribution >= 4 is 24.2 Å². The third-order valence-electron chi connectivity index (χ3n) is 4.71. The molecule has 152 valence electrons. The Balaban J connectivity index is 0.00000364. The number of ether oxygens (including phenoxy) is 2. The number of carbonyl (C=O) groups excluding carboxylic acids is 2. The van der Waals surface area contributed by atoms with Crippen molar-refractivity contribution in [3.63, 3.8) is 0 Å². The van der Waals surface area contributed by atoms with E-state index in [-0.39, 0.29) is 29.6 Å². The molecule has 1 saturated heterocycles. The number of rotatable bonds is 4. The Morgan fingerprint density at radius 3 is 2.00 bits per heavy atom. The third kappa shape index (κ3) is 5.26. The van der Waals surface area contributed by atoms with Gasteiger partial charge in [0.25, 0.3) is 5.91 Å². The lowest BCUT2D eigenvalue weighted by Crippen LogP contribution is -2.56. The molecule has 0 bridgehead atoms. The molecule has 0 spiro atoms. The molecule has 2 amide bonds. The molecule has 0 unspecified atom stereocenters. The number of carbonyl (C=O) groups is 2. The molecule has 1 aliphatic rings. The topological polar surface area (TPSA) is 85.1 Å². The molecule has 1 heterocycles. The molecule has 2 N–H and O–H groups in total. The molecule has 1 aliphatic heterocycles. The van der Waals surface area contributed by atoms with E-state index in [9.17, 15) is 9.59 Å². The highest BCUT2D eigenvalue weighted by Crippen LogP contribution is 2.28. The third-order valence-corrected chi connectivity index (χ3v) is 4.71. The van der Waals surface area contributed by atoms with Gasteiger partial charge in [0.15, 0.2) is 11.5 Å². The number of hydrogen-bond acceptors (Lipinski definition) is 5. The molecular formula is C19H30ClN3O4. The number of benzene rings is 1. The zero-order chi connectivity index (χ0) is 19.5. The summed E-state index contributed by atoms with van der Waals surface area (Å²) in [5.74, 6) is 0.952. The van der Waals surface area contributed by atoms with E-state index in [0.29, 0.717) is 43.2 Å². The van der Waals surface area contributed by atoms with Gasteiger partial charge in [-0.1, -0.05) is 20.8 Å². The van der Waals surface area contributed by atoms with Crippen LogP contribution in [0.2, 0.25) is 0 Å². The summed E-state index contributed by atoms with van der Waals surface area (Å²) in [6.07, 6.45) is 0. The second kappa shape index (κ2) is 9.28. The zero-order valence-corrected chi connectivity index (χ0v) is 17.5. The summed E-state index contributed by atoms with van der Waals surface area (Å²) in [6.45, 7) is 7.79. The van der Waals surface area contributed by atoms with Crippen LogP contribution in [0.3, 0.4) is 0 Å². The SMILES string of the molecule is COc1ccc(C(=O)N2CCN(C(=O)[C@@H](N)C(C)(C)C)CC2)cc1OC.Cl. The molecule has 1 atom stereocenters. The maximum atomic E-state index is 12.7. The second-order valence-corrected chi connectivity index (χ2v) is 7.53. The van der Waals surface area contributed by atoms with Crippen molar-refractivity contribution < 1.29 is 19.1 Å². The molecule has 8 heteroatoms. The van der Waals surface area contributed by atoms with Crippen LogP contribution in [0.25, 0.3) is 0 Å². The minimum absolute atomic E-state index is 0. The summed E-state index contributed by atoms with van der Waals surface area (Å²) < 4.78 is 10.5. The van der Waals surface area contributed by atoms with E-state index >= 15 is 0 Å². The number of nitrogens with zero attached hydrogens (tertiary/aromatic N) is 2. The van der Waals surface area contributed by atoms with Crippen molar-refractivity contribution in [1.82, 2.24) is 9.80 Å². The largest absolute Gasteiger partial charge is 0.493 e. The number of methoxy groups -OCH3 is 2. The van der Waals surface area contributed by atoms with E-state index in [1.54, 1.807) is 35.1 Å². The van der Waals surface area contributed by atoms with Gasteiger partial charge in [0, 0.05) is 31.7 Å². The molecule has 0 saturated carbocycles. The Labute approximate surface area is 167 Å². The van der Waals surface area contributed by atoms with Crippen LogP contribution in [-0.2, 0) is 4.79 Å². The summed E-state index contributed by atoms with van der Waals surface area (Å²) >= 11 is 0. The first-order chi connectivity index (χ1) is 12.2. The highest BCUT2D eigenvalue weighted by molar-refractivity contribution is 5.95.